The number of hydrogen-bond donors (Lipinski definition) is 2. The first-order valence-electron chi connectivity index (χ1n) is 9.03. The van der Waals surface area contributed by atoms with Crippen LogP contribution < -0.4 is 10.6 Å². The predicted octanol–water partition coefficient (Wildman–Crippen LogP) is 3.10. The van der Waals surface area contributed by atoms with E-state index in [1.165, 1.54) is 37.1 Å². The average molecular weight is 335 g/mol. The summed E-state index contributed by atoms with van der Waals surface area (Å²) >= 11 is 1.89. The minimum absolute atomic E-state index is 0.544. The van der Waals surface area contributed by atoms with Crippen molar-refractivity contribution in [2.45, 2.75) is 38.6 Å². The molecule has 128 valence electrons. The average Bonchev–Trinajstić information content (AvgIpc) is 3.23. The van der Waals surface area contributed by atoms with Crippen molar-refractivity contribution in [3.8, 4) is 0 Å². The summed E-state index contributed by atoms with van der Waals surface area (Å²) in [4.78, 5) is 8.77. The normalized spacial score (nSPS) is 26.3. The van der Waals surface area contributed by atoms with E-state index in [2.05, 4.69) is 47.0 Å². The Morgan fingerprint density at radius 2 is 2.22 bits per heavy atom. The number of aliphatic imine (C=N–C) groups is 1. The van der Waals surface area contributed by atoms with Crippen LogP contribution in [0.5, 0.6) is 0 Å². The summed E-state index contributed by atoms with van der Waals surface area (Å²) in [5, 5.41) is 9.19. The van der Waals surface area contributed by atoms with Crippen LogP contribution in [0.15, 0.2) is 22.5 Å². The molecule has 2 unspecified atom stereocenters. The first-order chi connectivity index (χ1) is 11.3. The third-order valence-corrected chi connectivity index (χ3v) is 5.87. The minimum Gasteiger partial charge on any atom is -0.357 e. The second kappa shape index (κ2) is 8.15. The van der Waals surface area contributed by atoms with Crippen LogP contribution in [0.2, 0.25) is 0 Å². The number of rotatable bonds is 6. The van der Waals surface area contributed by atoms with Crippen LogP contribution in [0.3, 0.4) is 0 Å². The predicted molar refractivity (Wildman–Crippen MR) is 99.1 cm³/mol. The molecule has 5 heteroatoms. The van der Waals surface area contributed by atoms with Crippen LogP contribution >= 0.6 is 11.3 Å². The van der Waals surface area contributed by atoms with Crippen molar-refractivity contribution in [3.05, 3.63) is 22.4 Å². The topological polar surface area (TPSA) is 39.7 Å². The number of likely N-dealkylation sites (tertiary alicyclic amines) is 1. The van der Waals surface area contributed by atoms with E-state index in [9.17, 15) is 0 Å². The van der Waals surface area contributed by atoms with Gasteiger partial charge in [0.15, 0.2) is 5.96 Å². The summed E-state index contributed by atoms with van der Waals surface area (Å²) in [5.74, 6) is 2.49. The molecule has 2 fully saturated rings. The standard InChI is InChI=1S/C18H30N4S/c1-3-19-18(20-12-14-8-9-14)21-13-15-6-4-10-22(2)17(15)16-7-5-11-23-16/h5,7,11,14-15,17H,3-4,6,8-10,12-13H2,1-2H3,(H2,19,20,21). The molecular weight excluding hydrogens is 304 g/mol. The molecule has 1 aliphatic carbocycles. The van der Waals surface area contributed by atoms with Crippen molar-refractivity contribution in [2.24, 2.45) is 16.8 Å². The van der Waals surface area contributed by atoms with E-state index in [-0.39, 0.29) is 0 Å². The molecule has 0 amide bonds. The van der Waals surface area contributed by atoms with Crippen LogP contribution in [0.1, 0.15) is 43.5 Å². The van der Waals surface area contributed by atoms with E-state index in [1.807, 2.05) is 11.3 Å². The molecule has 1 aromatic rings. The Balaban J connectivity index is 1.60. The van der Waals surface area contributed by atoms with Gasteiger partial charge in [0.1, 0.15) is 0 Å². The fourth-order valence-corrected chi connectivity index (χ4v) is 4.46. The van der Waals surface area contributed by atoms with E-state index in [0.717, 1.165) is 31.5 Å². The van der Waals surface area contributed by atoms with Gasteiger partial charge in [-0.1, -0.05) is 6.07 Å². The minimum atomic E-state index is 0.544. The summed E-state index contributed by atoms with van der Waals surface area (Å²) in [6, 6.07) is 5.01. The molecule has 4 nitrogen and oxygen atoms in total. The van der Waals surface area contributed by atoms with Gasteiger partial charge in [0.25, 0.3) is 0 Å². The van der Waals surface area contributed by atoms with E-state index in [0.29, 0.717) is 12.0 Å². The van der Waals surface area contributed by atoms with Gasteiger partial charge in [-0.3, -0.25) is 9.89 Å². The highest BCUT2D eigenvalue weighted by Gasteiger charge is 2.31. The second-order valence-corrected chi connectivity index (χ2v) is 7.87. The molecule has 1 aromatic heterocycles. The quantitative estimate of drug-likeness (QED) is 0.620. The molecular formula is C18H30N4S. The first kappa shape index (κ1) is 16.8. The van der Waals surface area contributed by atoms with E-state index < -0.39 is 0 Å². The fourth-order valence-electron chi connectivity index (χ4n) is 3.47. The lowest BCUT2D eigenvalue weighted by atomic mass is 9.88. The summed E-state index contributed by atoms with van der Waals surface area (Å²) in [6.07, 6.45) is 5.30. The Morgan fingerprint density at radius 3 is 2.91 bits per heavy atom. The van der Waals surface area contributed by atoms with Gasteiger partial charge >= 0.3 is 0 Å². The van der Waals surface area contributed by atoms with Crippen molar-refractivity contribution in [3.63, 3.8) is 0 Å². The lowest BCUT2D eigenvalue weighted by Crippen LogP contribution is -2.45. The van der Waals surface area contributed by atoms with Gasteiger partial charge in [-0.05, 0) is 69.5 Å². The number of nitrogens with one attached hydrogen (secondary N) is 2. The summed E-state index contributed by atoms with van der Waals surface area (Å²) in [6.45, 7) is 6.25. The second-order valence-electron chi connectivity index (χ2n) is 6.89. The zero-order valence-corrected chi connectivity index (χ0v) is 15.2. The van der Waals surface area contributed by atoms with E-state index in [1.54, 1.807) is 0 Å². The van der Waals surface area contributed by atoms with E-state index in [4.69, 9.17) is 4.99 Å². The van der Waals surface area contributed by atoms with Gasteiger partial charge in [-0.15, -0.1) is 11.3 Å². The highest BCUT2D eigenvalue weighted by molar-refractivity contribution is 7.10. The Labute approximate surface area is 144 Å². The number of guanidine groups is 1. The molecule has 2 N–H and O–H groups in total. The number of nitrogens with zero attached hydrogens (tertiary/aromatic N) is 2. The Kier molecular flexibility index (Phi) is 5.95. The molecule has 2 heterocycles. The summed E-state index contributed by atoms with van der Waals surface area (Å²) in [5.41, 5.74) is 0. The maximum atomic E-state index is 4.75. The van der Waals surface area contributed by atoms with Gasteiger partial charge in [-0.25, -0.2) is 0 Å². The van der Waals surface area contributed by atoms with Crippen LogP contribution in [-0.2, 0) is 0 Å². The molecule has 3 rings (SSSR count). The Bertz CT molecular complexity index is 495. The van der Waals surface area contributed by atoms with Crippen molar-refractivity contribution < 1.29 is 0 Å². The first-order valence-corrected chi connectivity index (χ1v) is 9.91. The molecule has 1 saturated heterocycles. The van der Waals surface area contributed by atoms with Gasteiger partial charge in [-0.2, -0.15) is 0 Å². The van der Waals surface area contributed by atoms with Crippen molar-refractivity contribution in [1.29, 1.82) is 0 Å². The lowest BCUT2D eigenvalue weighted by molar-refractivity contribution is 0.125. The lowest BCUT2D eigenvalue weighted by Gasteiger charge is -2.39. The van der Waals surface area contributed by atoms with Crippen LogP contribution in [0.4, 0.5) is 0 Å². The number of hydrogen-bond acceptors (Lipinski definition) is 3. The van der Waals surface area contributed by atoms with Crippen molar-refractivity contribution >= 4 is 17.3 Å². The number of thiophene rings is 1. The molecule has 1 aliphatic heterocycles. The largest absolute Gasteiger partial charge is 0.357 e. The highest BCUT2D eigenvalue weighted by atomic mass is 32.1. The van der Waals surface area contributed by atoms with Crippen molar-refractivity contribution in [1.82, 2.24) is 15.5 Å². The molecule has 0 bridgehead atoms. The zero-order chi connectivity index (χ0) is 16.1. The monoisotopic (exact) mass is 334 g/mol. The zero-order valence-electron chi connectivity index (χ0n) is 14.4. The van der Waals surface area contributed by atoms with Crippen LogP contribution in [-0.4, -0.2) is 44.1 Å². The van der Waals surface area contributed by atoms with Gasteiger partial charge in [0.05, 0.1) is 0 Å². The van der Waals surface area contributed by atoms with Crippen molar-refractivity contribution in [2.75, 3.05) is 33.2 Å². The highest BCUT2D eigenvalue weighted by Crippen LogP contribution is 2.36. The SMILES string of the molecule is CCNC(=NCC1CC1)NCC1CCCN(C)C1c1cccs1. The Morgan fingerprint density at radius 1 is 1.35 bits per heavy atom. The maximum Gasteiger partial charge on any atom is 0.191 e. The van der Waals surface area contributed by atoms with Gasteiger partial charge in [0.2, 0.25) is 0 Å². The maximum absolute atomic E-state index is 4.75. The smallest absolute Gasteiger partial charge is 0.191 e. The molecule has 2 atom stereocenters. The van der Waals surface area contributed by atoms with Crippen LogP contribution in [0, 0.1) is 11.8 Å². The third-order valence-electron chi connectivity index (χ3n) is 4.92. The Hall–Kier alpha value is -1.07. The molecule has 0 radical (unpaired) electrons. The molecule has 1 saturated carbocycles. The molecule has 23 heavy (non-hydrogen) atoms. The molecule has 2 aliphatic rings. The third kappa shape index (κ3) is 4.70. The number of piperidine rings is 1. The fraction of sp³-hybridized carbons (Fsp3) is 0.722. The summed E-state index contributed by atoms with van der Waals surface area (Å²) in [7, 11) is 2.27. The van der Waals surface area contributed by atoms with Gasteiger partial charge < -0.3 is 10.6 Å². The van der Waals surface area contributed by atoms with Gasteiger partial charge in [0, 0.05) is 30.6 Å². The van der Waals surface area contributed by atoms with E-state index >= 15 is 0 Å². The summed E-state index contributed by atoms with van der Waals surface area (Å²) < 4.78 is 0. The van der Waals surface area contributed by atoms with Crippen LogP contribution in [0.25, 0.3) is 0 Å². The molecule has 0 aromatic carbocycles. The molecule has 0 spiro atoms.